The molecule has 0 aliphatic rings. The number of aryl methyl sites for hydroxylation is 1. The highest BCUT2D eigenvalue weighted by Crippen LogP contribution is 2.08. The first-order chi connectivity index (χ1) is 6.25. The van der Waals surface area contributed by atoms with Gasteiger partial charge >= 0.3 is 4.87 Å². The fourth-order valence-electron chi connectivity index (χ4n) is 1.06. The largest absolute Gasteiger partial charge is 0.307 e. The second kappa shape index (κ2) is 3.43. The molecular formula is C8H8N2OS2. The smallest absolute Gasteiger partial charge is 0.300 e. The van der Waals surface area contributed by atoms with Gasteiger partial charge in [0.15, 0.2) is 0 Å². The van der Waals surface area contributed by atoms with Gasteiger partial charge in [-0.25, -0.2) is 4.98 Å². The van der Waals surface area contributed by atoms with Crippen LogP contribution < -0.4 is 4.87 Å². The SMILES string of the molecule is Cc1nc(Cn2ccsc2=O)cs1. The standard InChI is InChI=1S/C8H8N2OS2/c1-6-9-7(5-13-6)4-10-2-3-12-8(10)11/h2-3,5H,4H2,1H3. The molecule has 0 saturated heterocycles. The molecule has 2 aromatic rings. The molecule has 0 radical (unpaired) electrons. The van der Waals surface area contributed by atoms with Crippen LogP contribution in [0.5, 0.6) is 0 Å². The molecule has 0 bridgehead atoms. The van der Waals surface area contributed by atoms with Crippen LogP contribution in [-0.2, 0) is 6.54 Å². The number of hydrogen-bond donors (Lipinski definition) is 0. The second-order valence-corrected chi connectivity index (χ2v) is 4.57. The number of hydrogen-bond acceptors (Lipinski definition) is 4. The van der Waals surface area contributed by atoms with Gasteiger partial charge in [0.25, 0.3) is 0 Å². The number of thiazole rings is 2. The fraction of sp³-hybridized carbons (Fsp3) is 0.250. The summed E-state index contributed by atoms with van der Waals surface area (Å²) in [6.45, 7) is 2.55. The van der Waals surface area contributed by atoms with E-state index in [-0.39, 0.29) is 4.87 Å². The molecule has 68 valence electrons. The van der Waals surface area contributed by atoms with E-state index in [0.717, 1.165) is 10.7 Å². The molecule has 0 N–H and O–H groups in total. The van der Waals surface area contributed by atoms with Gasteiger partial charge in [0, 0.05) is 17.0 Å². The van der Waals surface area contributed by atoms with Crippen LogP contribution in [-0.4, -0.2) is 9.55 Å². The van der Waals surface area contributed by atoms with Crippen molar-refractivity contribution in [3.63, 3.8) is 0 Å². The first-order valence-electron chi connectivity index (χ1n) is 3.80. The second-order valence-electron chi connectivity index (χ2n) is 2.65. The Bertz CT molecular complexity index is 454. The Hall–Kier alpha value is -0.940. The van der Waals surface area contributed by atoms with E-state index < -0.39 is 0 Å². The van der Waals surface area contributed by atoms with Crippen LogP contribution in [0.15, 0.2) is 21.8 Å². The summed E-state index contributed by atoms with van der Waals surface area (Å²) in [7, 11) is 0. The summed E-state index contributed by atoms with van der Waals surface area (Å²) in [4.78, 5) is 15.6. The Balaban J connectivity index is 2.24. The van der Waals surface area contributed by atoms with Crippen molar-refractivity contribution in [3.05, 3.63) is 37.3 Å². The van der Waals surface area contributed by atoms with Crippen LogP contribution in [0.1, 0.15) is 10.7 Å². The molecule has 0 spiro atoms. The van der Waals surface area contributed by atoms with Crippen molar-refractivity contribution in [1.29, 1.82) is 0 Å². The Morgan fingerprint density at radius 2 is 2.38 bits per heavy atom. The predicted molar refractivity (Wildman–Crippen MR) is 54.5 cm³/mol. The Labute approximate surface area is 83.3 Å². The van der Waals surface area contributed by atoms with Crippen molar-refractivity contribution in [2.45, 2.75) is 13.5 Å². The maximum absolute atomic E-state index is 11.2. The minimum absolute atomic E-state index is 0.0747. The van der Waals surface area contributed by atoms with Crippen molar-refractivity contribution in [1.82, 2.24) is 9.55 Å². The molecule has 0 aromatic carbocycles. The van der Waals surface area contributed by atoms with E-state index >= 15 is 0 Å². The summed E-state index contributed by atoms with van der Waals surface area (Å²) in [5.74, 6) is 0. The Kier molecular flexibility index (Phi) is 2.28. The minimum Gasteiger partial charge on any atom is -0.300 e. The van der Waals surface area contributed by atoms with Crippen molar-refractivity contribution >= 4 is 22.7 Å². The normalized spacial score (nSPS) is 10.5. The van der Waals surface area contributed by atoms with Gasteiger partial charge in [-0.2, -0.15) is 0 Å². The maximum atomic E-state index is 11.2. The van der Waals surface area contributed by atoms with Gasteiger partial charge < -0.3 is 0 Å². The monoisotopic (exact) mass is 212 g/mol. The summed E-state index contributed by atoms with van der Waals surface area (Å²) >= 11 is 2.82. The molecule has 2 rings (SSSR count). The van der Waals surface area contributed by atoms with Crippen LogP contribution in [0.4, 0.5) is 0 Å². The van der Waals surface area contributed by atoms with Gasteiger partial charge in [-0.15, -0.1) is 11.3 Å². The molecule has 0 unspecified atom stereocenters. The maximum Gasteiger partial charge on any atom is 0.307 e. The van der Waals surface area contributed by atoms with Crippen LogP contribution in [0, 0.1) is 6.92 Å². The third-order valence-corrected chi connectivity index (χ3v) is 3.16. The van der Waals surface area contributed by atoms with Crippen molar-refractivity contribution in [2.24, 2.45) is 0 Å². The predicted octanol–water partition coefficient (Wildman–Crippen LogP) is 1.72. The average Bonchev–Trinajstić information content (AvgIpc) is 2.64. The van der Waals surface area contributed by atoms with Crippen molar-refractivity contribution in [2.75, 3.05) is 0 Å². The van der Waals surface area contributed by atoms with Gasteiger partial charge in [0.05, 0.1) is 17.2 Å². The molecule has 0 saturated carbocycles. The Morgan fingerprint density at radius 3 is 2.92 bits per heavy atom. The van der Waals surface area contributed by atoms with E-state index in [4.69, 9.17) is 0 Å². The van der Waals surface area contributed by atoms with Crippen LogP contribution in [0.25, 0.3) is 0 Å². The molecule has 5 heteroatoms. The zero-order valence-electron chi connectivity index (χ0n) is 7.06. The van der Waals surface area contributed by atoms with Gasteiger partial charge in [-0.1, -0.05) is 11.3 Å². The van der Waals surface area contributed by atoms with Crippen LogP contribution >= 0.6 is 22.7 Å². The lowest BCUT2D eigenvalue weighted by Gasteiger charge is -1.95. The van der Waals surface area contributed by atoms with Crippen molar-refractivity contribution < 1.29 is 0 Å². The molecule has 3 nitrogen and oxygen atoms in total. The minimum atomic E-state index is 0.0747. The van der Waals surface area contributed by atoms with E-state index in [2.05, 4.69) is 4.98 Å². The molecule has 2 heterocycles. The average molecular weight is 212 g/mol. The molecular weight excluding hydrogens is 204 g/mol. The highest BCUT2D eigenvalue weighted by Gasteiger charge is 2.01. The van der Waals surface area contributed by atoms with Crippen LogP contribution in [0.3, 0.4) is 0 Å². The first-order valence-corrected chi connectivity index (χ1v) is 5.56. The number of nitrogens with zero attached hydrogens (tertiary/aromatic N) is 2. The molecule has 2 aromatic heterocycles. The van der Waals surface area contributed by atoms with Gasteiger partial charge in [0.2, 0.25) is 0 Å². The van der Waals surface area contributed by atoms with E-state index in [9.17, 15) is 4.79 Å². The fourth-order valence-corrected chi connectivity index (χ4v) is 2.25. The van der Waals surface area contributed by atoms with E-state index in [1.165, 1.54) is 11.3 Å². The van der Waals surface area contributed by atoms with Gasteiger partial charge in [-0.3, -0.25) is 9.36 Å². The highest BCUT2D eigenvalue weighted by molar-refractivity contribution is 7.09. The molecule has 0 aliphatic carbocycles. The molecule has 0 amide bonds. The zero-order valence-corrected chi connectivity index (χ0v) is 8.69. The van der Waals surface area contributed by atoms with Crippen molar-refractivity contribution in [3.8, 4) is 0 Å². The quantitative estimate of drug-likeness (QED) is 0.759. The highest BCUT2D eigenvalue weighted by atomic mass is 32.1. The topological polar surface area (TPSA) is 34.9 Å². The first kappa shape index (κ1) is 8.65. The van der Waals surface area contributed by atoms with Gasteiger partial charge in [-0.05, 0) is 6.92 Å². The summed E-state index contributed by atoms with van der Waals surface area (Å²) in [6.07, 6.45) is 1.79. The van der Waals surface area contributed by atoms with E-state index in [1.54, 1.807) is 27.5 Å². The molecule has 0 aliphatic heterocycles. The zero-order chi connectivity index (χ0) is 9.26. The summed E-state index contributed by atoms with van der Waals surface area (Å²) in [6, 6.07) is 0. The summed E-state index contributed by atoms with van der Waals surface area (Å²) < 4.78 is 1.67. The summed E-state index contributed by atoms with van der Waals surface area (Å²) in [5.41, 5.74) is 0.961. The third kappa shape index (κ3) is 1.87. The lowest BCUT2D eigenvalue weighted by atomic mass is 10.5. The molecule has 0 fully saturated rings. The van der Waals surface area contributed by atoms with E-state index in [0.29, 0.717) is 6.54 Å². The lowest BCUT2D eigenvalue weighted by molar-refractivity contribution is 0.764. The molecule has 13 heavy (non-hydrogen) atoms. The molecule has 0 atom stereocenters. The Morgan fingerprint density at radius 1 is 1.54 bits per heavy atom. The lowest BCUT2D eigenvalue weighted by Crippen LogP contribution is -2.12. The third-order valence-electron chi connectivity index (χ3n) is 1.64. The number of rotatable bonds is 2. The van der Waals surface area contributed by atoms with E-state index in [1.807, 2.05) is 12.3 Å². The summed E-state index contributed by atoms with van der Waals surface area (Å²) in [5, 5.41) is 4.82. The van der Waals surface area contributed by atoms with Gasteiger partial charge in [0.1, 0.15) is 0 Å². The van der Waals surface area contributed by atoms with Crippen LogP contribution in [0.2, 0.25) is 0 Å². The number of aromatic nitrogens is 2.